The summed E-state index contributed by atoms with van der Waals surface area (Å²) in [6, 6.07) is 4.89. The van der Waals surface area contributed by atoms with Crippen LogP contribution in [0.15, 0.2) is 18.2 Å². The number of rotatable bonds is 6. The molecule has 1 saturated heterocycles. The normalized spacial score (nSPS) is 15.1. The molecule has 7 heteroatoms. The fraction of sp³-hybridized carbons (Fsp3) is 0.529. The summed E-state index contributed by atoms with van der Waals surface area (Å²) in [5.74, 6) is -0.185. The Balaban J connectivity index is 1.98. The van der Waals surface area contributed by atoms with Gasteiger partial charge in [0.05, 0.1) is 17.3 Å². The summed E-state index contributed by atoms with van der Waals surface area (Å²) in [6.07, 6.45) is 2.46. The molecule has 2 rings (SSSR count). The van der Waals surface area contributed by atoms with Gasteiger partial charge in [-0.1, -0.05) is 30.1 Å². The zero-order valence-corrected chi connectivity index (χ0v) is 15.3. The topological polar surface area (TPSA) is 61.4 Å². The highest BCUT2D eigenvalue weighted by Gasteiger charge is 2.26. The first-order chi connectivity index (χ1) is 11.5. The first-order valence-corrected chi connectivity index (χ1v) is 9.01. The summed E-state index contributed by atoms with van der Waals surface area (Å²) >= 11 is 11.9. The number of anilines is 1. The maximum Gasteiger partial charge on any atom is 0.244 e. The van der Waals surface area contributed by atoms with E-state index in [4.69, 9.17) is 23.2 Å². The predicted molar refractivity (Wildman–Crippen MR) is 97.6 cm³/mol. The number of amides is 2. The van der Waals surface area contributed by atoms with Crippen molar-refractivity contribution in [2.24, 2.45) is 5.92 Å². The molecule has 0 spiro atoms. The molecule has 0 aromatic heterocycles. The Morgan fingerprint density at radius 2 is 2.00 bits per heavy atom. The van der Waals surface area contributed by atoms with Crippen LogP contribution in [0.25, 0.3) is 0 Å². The van der Waals surface area contributed by atoms with E-state index in [1.54, 1.807) is 23.1 Å². The van der Waals surface area contributed by atoms with Gasteiger partial charge in [-0.05, 0) is 50.6 Å². The van der Waals surface area contributed by atoms with E-state index in [9.17, 15) is 9.59 Å². The van der Waals surface area contributed by atoms with Crippen LogP contribution in [0.2, 0.25) is 10.0 Å². The molecule has 1 aliphatic rings. The van der Waals surface area contributed by atoms with E-state index < -0.39 is 0 Å². The van der Waals surface area contributed by atoms with Gasteiger partial charge in [0, 0.05) is 17.5 Å². The molecule has 0 saturated carbocycles. The van der Waals surface area contributed by atoms with Gasteiger partial charge in [-0.15, -0.1) is 0 Å². The van der Waals surface area contributed by atoms with E-state index in [-0.39, 0.29) is 24.3 Å². The van der Waals surface area contributed by atoms with Crippen LogP contribution in [-0.4, -0.2) is 42.9 Å². The van der Waals surface area contributed by atoms with Crippen LogP contribution in [-0.2, 0) is 9.59 Å². The van der Waals surface area contributed by atoms with E-state index in [1.807, 2.05) is 6.92 Å². The number of carbonyl (C=O) groups excluding carboxylic acids is 2. The third-order valence-corrected chi connectivity index (χ3v) is 4.58. The number of piperidine rings is 1. The second-order valence-electron chi connectivity index (χ2n) is 5.96. The number of benzene rings is 1. The van der Waals surface area contributed by atoms with Gasteiger partial charge in [0.1, 0.15) is 0 Å². The summed E-state index contributed by atoms with van der Waals surface area (Å²) < 4.78 is 0. The Morgan fingerprint density at radius 1 is 1.29 bits per heavy atom. The number of nitrogens with one attached hydrogen (secondary N) is 2. The van der Waals surface area contributed by atoms with Gasteiger partial charge in [0.25, 0.3) is 0 Å². The molecule has 0 unspecified atom stereocenters. The fourth-order valence-electron chi connectivity index (χ4n) is 2.82. The zero-order valence-electron chi connectivity index (χ0n) is 13.8. The SMILES string of the molecule is CCCN(CC(=O)Nc1ccc(Cl)cc1Cl)C(=O)C1CCNCC1. The number of hydrogen-bond donors (Lipinski definition) is 2. The lowest BCUT2D eigenvalue weighted by molar-refractivity contribution is -0.139. The standard InChI is InChI=1S/C17H23Cl2N3O2/c1-2-9-22(17(24)12-5-7-20-8-6-12)11-16(23)21-15-4-3-13(18)10-14(15)19/h3-4,10,12,20H,2,5-9,11H2,1H3,(H,21,23). The molecular weight excluding hydrogens is 349 g/mol. The van der Waals surface area contributed by atoms with Crippen LogP contribution in [0.3, 0.4) is 0 Å². The molecule has 0 radical (unpaired) electrons. The number of nitrogens with zero attached hydrogens (tertiary/aromatic N) is 1. The second kappa shape index (κ2) is 9.25. The Morgan fingerprint density at radius 3 is 2.62 bits per heavy atom. The minimum Gasteiger partial charge on any atom is -0.333 e. The summed E-state index contributed by atoms with van der Waals surface area (Å²) in [6.45, 7) is 4.31. The molecule has 132 valence electrons. The number of hydrogen-bond acceptors (Lipinski definition) is 3. The largest absolute Gasteiger partial charge is 0.333 e. The van der Waals surface area contributed by atoms with Crippen molar-refractivity contribution in [3.05, 3.63) is 28.2 Å². The van der Waals surface area contributed by atoms with Crippen molar-refractivity contribution in [2.45, 2.75) is 26.2 Å². The lowest BCUT2D eigenvalue weighted by Crippen LogP contribution is -2.44. The van der Waals surface area contributed by atoms with Crippen molar-refractivity contribution >= 4 is 40.7 Å². The highest BCUT2D eigenvalue weighted by atomic mass is 35.5. The smallest absolute Gasteiger partial charge is 0.244 e. The Kier molecular flexibility index (Phi) is 7.34. The Hall–Kier alpha value is -1.30. The maximum atomic E-state index is 12.7. The van der Waals surface area contributed by atoms with Gasteiger partial charge in [0.15, 0.2) is 0 Å². The number of halogens is 2. The Labute approximate surface area is 152 Å². The summed E-state index contributed by atoms with van der Waals surface area (Å²) in [5.41, 5.74) is 0.497. The van der Waals surface area contributed by atoms with Crippen LogP contribution >= 0.6 is 23.2 Å². The van der Waals surface area contributed by atoms with Gasteiger partial charge in [0.2, 0.25) is 11.8 Å². The minimum absolute atomic E-state index is 0.00437. The zero-order chi connectivity index (χ0) is 17.5. The van der Waals surface area contributed by atoms with Crippen molar-refractivity contribution in [1.29, 1.82) is 0 Å². The summed E-state index contributed by atoms with van der Waals surface area (Å²) in [5, 5.41) is 6.88. The molecule has 2 amide bonds. The molecule has 1 aromatic rings. The molecule has 24 heavy (non-hydrogen) atoms. The first kappa shape index (κ1) is 19.0. The molecule has 5 nitrogen and oxygen atoms in total. The van der Waals surface area contributed by atoms with E-state index in [0.717, 1.165) is 32.4 Å². The third-order valence-electron chi connectivity index (χ3n) is 4.03. The van der Waals surface area contributed by atoms with Crippen molar-refractivity contribution in [3.8, 4) is 0 Å². The summed E-state index contributed by atoms with van der Waals surface area (Å²) in [4.78, 5) is 26.6. The highest BCUT2D eigenvalue weighted by molar-refractivity contribution is 6.36. The van der Waals surface area contributed by atoms with Gasteiger partial charge in [-0.2, -0.15) is 0 Å². The third kappa shape index (κ3) is 5.36. The quantitative estimate of drug-likeness (QED) is 0.806. The average molecular weight is 372 g/mol. The van der Waals surface area contributed by atoms with Gasteiger partial charge < -0.3 is 15.5 Å². The van der Waals surface area contributed by atoms with Crippen molar-refractivity contribution < 1.29 is 9.59 Å². The van der Waals surface area contributed by atoms with Gasteiger partial charge in [-0.25, -0.2) is 0 Å². The number of carbonyl (C=O) groups is 2. The van der Waals surface area contributed by atoms with Crippen molar-refractivity contribution in [2.75, 3.05) is 31.5 Å². The lowest BCUT2D eigenvalue weighted by atomic mass is 9.96. The molecule has 2 N–H and O–H groups in total. The van der Waals surface area contributed by atoms with Crippen LogP contribution in [0, 0.1) is 5.92 Å². The molecule has 0 atom stereocenters. The van der Waals surface area contributed by atoms with Gasteiger partial charge >= 0.3 is 0 Å². The molecule has 1 aromatic carbocycles. The predicted octanol–water partition coefficient (Wildman–Crippen LogP) is 3.17. The average Bonchev–Trinajstić information content (AvgIpc) is 2.57. The molecule has 0 bridgehead atoms. The summed E-state index contributed by atoms with van der Waals surface area (Å²) in [7, 11) is 0. The van der Waals surface area contributed by atoms with Crippen LogP contribution in [0.5, 0.6) is 0 Å². The van der Waals surface area contributed by atoms with Crippen molar-refractivity contribution in [1.82, 2.24) is 10.2 Å². The molecule has 1 heterocycles. The molecule has 1 fully saturated rings. The monoisotopic (exact) mass is 371 g/mol. The minimum atomic E-state index is -0.255. The molecule has 1 aliphatic heterocycles. The Bertz CT molecular complexity index is 589. The maximum absolute atomic E-state index is 12.7. The highest BCUT2D eigenvalue weighted by Crippen LogP contribution is 2.25. The van der Waals surface area contributed by atoms with Crippen LogP contribution in [0.1, 0.15) is 26.2 Å². The lowest BCUT2D eigenvalue weighted by Gasteiger charge is -2.29. The molecule has 0 aliphatic carbocycles. The fourth-order valence-corrected chi connectivity index (χ4v) is 3.27. The van der Waals surface area contributed by atoms with E-state index >= 15 is 0 Å². The van der Waals surface area contributed by atoms with Crippen LogP contribution < -0.4 is 10.6 Å². The van der Waals surface area contributed by atoms with E-state index in [0.29, 0.717) is 22.3 Å². The van der Waals surface area contributed by atoms with Crippen LogP contribution in [0.4, 0.5) is 5.69 Å². The molecular formula is C17H23Cl2N3O2. The second-order valence-corrected chi connectivity index (χ2v) is 6.80. The van der Waals surface area contributed by atoms with Gasteiger partial charge in [-0.3, -0.25) is 9.59 Å². The first-order valence-electron chi connectivity index (χ1n) is 8.25. The van der Waals surface area contributed by atoms with E-state index in [2.05, 4.69) is 10.6 Å². The van der Waals surface area contributed by atoms with E-state index in [1.165, 1.54) is 0 Å². The van der Waals surface area contributed by atoms with Crippen molar-refractivity contribution in [3.63, 3.8) is 0 Å².